The van der Waals surface area contributed by atoms with Gasteiger partial charge in [-0.05, 0) is 47.0 Å². The van der Waals surface area contributed by atoms with Crippen molar-refractivity contribution in [3.05, 3.63) is 88.7 Å². The highest BCUT2D eigenvalue weighted by atomic mass is 16.5. The molecule has 4 N–H and O–H groups in total. The fourth-order valence-electron chi connectivity index (χ4n) is 4.87. The summed E-state index contributed by atoms with van der Waals surface area (Å²) in [5, 5.41) is 37.9. The number of aromatic amines is 1. The fraction of sp³-hybridized carbons (Fsp3) is 0.154. The van der Waals surface area contributed by atoms with E-state index in [2.05, 4.69) is 10.2 Å². The van der Waals surface area contributed by atoms with Gasteiger partial charge in [-0.3, -0.25) is 5.10 Å². The molecule has 3 aromatic carbocycles. The summed E-state index contributed by atoms with van der Waals surface area (Å²) in [4.78, 5) is 12.0. The van der Waals surface area contributed by atoms with Gasteiger partial charge in [-0.2, -0.15) is 5.10 Å². The summed E-state index contributed by atoms with van der Waals surface area (Å²) in [6.45, 7) is 0. The monoisotopic (exact) mass is 458 g/mol. The Morgan fingerprint density at radius 2 is 1.53 bits per heavy atom. The number of rotatable bonds is 6. The molecule has 1 aliphatic carbocycles. The Hall–Kier alpha value is -4.46. The molecule has 0 aliphatic heterocycles. The maximum atomic E-state index is 12.0. The number of nitrogens with zero attached hydrogens (tertiary/aromatic N) is 1. The molecule has 0 spiro atoms. The van der Waals surface area contributed by atoms with Crippen LogP contribution in [0.3, 0.4) is 0 Å². The number of aromatic carboxylic acids is 1. The zero-order valence-corrected chi connectivity index (χ0v) is 18.5. The standard InChI is InChI=1S/C26H22N2O6/c1-33-21-11-14(7-9-19(21)29)26(15-8-10-20(30)22(12-15)34-2)13-18-23(24(26)28-27-18)16-5-3-4-6-17(16)25(31)32/h3-12,29-30H,13H2,1-2H3,(H,27,28)(H,31,32). The molecule has 0 fully saturated rings. The molecule has 0 unspecified atom stereocenters. The third kappa shape index (κ3) is 2.99. The quantitative estimate of drug-likeness (QED) is 0.343. The van der Waals surface area contributed by atoms with Crippen molar-refractivity contribution in [2.24, 2.45) is 0 Å². The molecule has 2 bridgehead atoms. The largest absolute Gasteiger partial charge is 0.504 e. The fourth-order valence-corrected chi connectivity index (χ4v) is 4.87. The van der Waals surface area contributed by atoms with Crippen molar-refractivity contribution in [1.29, 1.82) is 0 Å². The van der Waals surface area contributed by atoms with Gasteiger partial charge in [-0.25, -0.2) is 4.79 Å². The minimum Gasteiger partial charge on any atom is -0.504 e. The van der Waals surface area contributed by atoms with Gasteiger partial charge in [-0.15, -0.1) is 0 Å². The Morgan fingerprint density at radius 1 is 0.941 bits per heavy atom. The van der Waals surface area contributed by atoms with Gasteiger partial charge in [0.2, 0.25) is 0 Å². The summed E-state index contributed by atoms with van der Waals surface area (Å²) >= 11 is 0. The molecular formula is C26H22N2O6. The smallest absolute Gasteiger partial charge is 0.336 e. The van der Waals surface area contributed by atoms with Crippen LogP contribution in [0.15, 0.2) is 60.7 Å². The first-order valence-corrected chi connectivity index (χ1v) is 10.6. The molecule has 0 atom stereocenters. The molecule has 8 heteroatoms. The molecule has 1 aromatic heterocycles. The number of phenols is 2. The lowest BCUT2D eigenvalue weighted by atomic mass is 9.71. The van der Waals surface area contributed by atoms with E-state index >= 15 is 0 Å². The van der Waals surface area contributed by atoms with Gasteiger partial charge in [0.15, 0.2) is 23.0 Å². The maximum Gasteiger partial charge on any atom is 0.336 e. The molecule has 8 nitrogen and oxygen atoms in total. The summed E-state index contributed by atoms with van der Waals surface area (Å²) in [6.07, 6.45) is 0.455. The van der Waals surface area contributed by atoms with Crippen molar-refractivity contribution in [3.8, 4) is 34.1 Å². The highest BCUT2D eigenvalue weighted by Crippen LogP contribution is 2.53. The lowest BCUT2D eigenvalue weighted by Crippen LogP contribution is -2.31. The number of hydrogen-bond acceptors (Lipinski definition) is 6. The number of phenolic OH excluding ortho intramolecular Hbond substituents is 2. The summed E-state index contributed by atoms with van der Waals surface area (Å²) < 4.78 is 10.7. The topological polar surface area (TPSA) is 125 Å². The van der Waals surface area contributed by atoms with Crippen LogP contribution in [0.2, 0.25) is 0 Å². The highest BCUT2D eigenvalue weighted by molar-refractivity contribution is 5.97. The number of methoxy groups -OCH3 is 2. The second-order valence-corrected chi connectivity index (χ2v) is 8.13. The summed E-state index contributed by atoms with van der Waals surface area (Å²) in [7, 11) is 2.95. The maximum absolute atomic E-state index is 12.0. The molecule has 0 radical (unpaired) electrons. The number of carboxylic acids is 1. The van der Waals surface area contributed by atoms with Crippen LogP contribution in [-0.4, -0.2) is 45.7 Å². The SMILES string of the molecule is COc1cc(C2(c3ccc(O)c(OC)c3)Cc3[nH]nc2c3-c2ccccc2C(=O)O)ccc1O. The van der Waals surface area contributed by atoms with E-state index in [1.165, 1.54) is 14.2 Å². The van der Waals surface area contributed by atoms with Gasteiger partial charge in [0, 0.05) is 17.7 Å². The van der Waals surface area contributed by atoms with Gasteiger partial charge in [0.1, 0.15) is 0 Å². The number of H-pyrrole nitrogens is 1. The van der Waals surface area contributed by atoms with Crippen molar-refractivity contribution < 1.29 is 29.6 Å². The minimum atomic E-state index is -1.03. The third-order valence-electron chi connectivity index (χ3n) is 6.46. The van der Waals surface area contributed by atoms with Crippen molar-refractivity contribution in [2.75, 3.05) is 14.2 Å². The van der Waals surface area contributed by atoms with Gasteiger partial charge in [0.25, 0.3) is 0 Å². The number of carbonyl (C=O) groups is 1. The van der Waals surface area contributed by atoms with Gasteiger partial charge >= 0.3 is 5.97 Å². The normalized spacial score (nSPS) is 13.6. The van der Waals surface area contributed by atoms with Crippen LogP contribution in [0.25, 0.3) is 11.1 Å². The zero-order chi connectivity index (χ0) is 24.0. The molecule has 0 amide bonds. The lowest BCUT2D eigenvalue weighted by molar-refractivity contribution is 0.0697. The summed E-state index contributed by atoms with van der Waals surface area (Å²) in [6, 6.07) is 17.0. The van der Waals surface area contributed by atoms with Crippen LogP contribution in [0.4, 0.5) is 0 Å². The Labute approximate surface area is 195 Å². The number of benzene rings is 3. The van der Waals surface area contributed by atoms with Crippen LogP contribution in [0.5, 0.6) is 23.0 Å². The number of aromatic nitrogens is 2. The van der Waals surface area contributed by atoms with E-state index in [1.807, 2.05) is 0 Å². The molecule has 0 saturated heterocycles. The number of fused-ring (bicyclic) bond motifs is 2. The number of carboxylic acid groups (broad SMARTS) is 1. The van der Waals surface area contributed by atoms with E-state index in [0.717, 1.165) is 22.4 Å². The van der Waals surface area contributed by atoms with Crippen molar-refractivity contribution in [3.63, 3.8) is 0 Å². The predicted molar refractivity (Wildman–Crippen MR) is 124 cm³/mol. The van der Waals surface area contributed by atoms with Crippen molar-refractivity contribution in [2.45, 2.75) is 11.8 Å². The Balaban J connectivity index is 1.82. The van der Waals surface area contributed by atoms with E-state index in [4.69, 9.17) is 9.47 Å². The first-order chi connectivity index (χ1) is 16.4. The molecule has 1 heterocycles. The molecule has 5 rings (SSSR count). The van der Waals surface area contributed by atoms with Crippen molar-refractivity contribution in [1.82, 2.24) is 10.2 Å². The van der Waals surface area contributed by atoms with Crippen LogP contribution in [-0.2, 0) is 11.8 Å². The predicted octanol–water partition coefficient (Wildman–Crippen LogP) is 4.09. The first-order valence-electron chi connectivity index (χ1n) is 10.6. The van der Waals surface area contributed by atoms with E-state index < -0.39 is 11.4 Å². The van der Waals surface area contributed by atoms with Gasteiger partial charge in [-0.1, -0.05) is 30.3 Å². The minimum absolute atomic E-state index is 0.000913. The second kappa shape index (κ2) is 7.84. The number of aromatic hydroxyl groups is 2. The summed E-state index contributed by atoms with van der Waals surface area (Å²) in [5.74, 6) is -0.423. The van der Waals surface area contributed by atoms with Crippen LogP contribution < -0.4 is 9.47 Å². The zero-order valence-electron chi connectivity index (χ0n) is 18.5. The molecule has 0 saturated carbocycles. The third-order valence-corrected chi connectivity index (χ3v) is 6.46. The molecule has 34 heavy (non-hydrogen) atoms. The number of ether oxygens (including phenoxy) is 2. The average Bonchev–Trinajstić information content (AvgIpc) is 3.41. The summed E-state index contributed by atoms with van der Waals surface area (Å²) in [5.41, 5.74) is 3.60. The van der Waals surface area contributed by atoms with E-state index in [9.17, 15) is 20.1 Å². The van der Waals surface area contributed by atoms with Gasteiger partial charge < -0.3 is 24.8 Å². The van der Waals surface area contributed by atoms with Crippen LogP contribution in [0.1, 0.15) is 32.9 Å². The molecular weight excluding hydrogens is 436 g/mol. The average molecular weight is 458 g/mol. The number of hydrogen-bond donors (Lipinski definition) is 4. The van der Waals surface area contributed by atoms with E-state index in [1.54, 1.807) is 60.7 Å². The lowest BCUT2D eigenvalue weighted by Gasteiger charge is -2.32. The molecule has 172 valence electrons. The first kappa shape index (κ1) is 21.4. The van der Waals surface area contributed by atoms with Crippen LogP contribution in [0, 0.1) is 0 Å². The Morgan fingerprint density at radius 3 is 2.09 bits per heavy atom. The molecule has 4 aromatic rings. The highest BCUT2D eigenvalue weighted by Gasteiger charge is 2.48. The number of nitrogens with one attached hydrogen (secondary N) is 1. The Kier molecular flexibility index (Phi) is 4.93. The van der Waals surface area contributed by atoms with Crippen molar-refractivity contribution >= 4 is 5.97 Å². The molecule has 1 aliphatic rings. The second-order valence-electron chi connectivity index (χ2n) is 8.13. The van der Waals surface area contributed by atoms with E-state index in [0.29, 0.717) is 29.2 Å². The van der Waals surface area contributed by atoms with Crippen LogP contribution >= 0.6 is 0 Å². The van der Waals surface area contributed by atoms with E-state index in [-0.39, 0.29) is 17.1 Å². The van der Waals surface area contributed by atoms with Gasteiger partial charge in [0.05, 0.1) is 30.9 Å². The Bertz CT molecular complexity index is 1370.